The minimum atomic E-state index is -1.25. The molecule has 176 valence electrons. The summed E-state index contributed by atoms with van der Waals surface area (Å²) in [5.74, 6) is -0.146. The fourth-order valence-corrected chi connectivity index (χ4v) is 7.15. The molecule has 0 saturated heterocycles. The van der Waals surface area contributed by atoms with E-state index in [2.05, 4.69) is 50.3 Å². The lowest BCUT2D eigenvalue weighted by atomic mass is 9.46. The van der Waals surface area contributed by atoms with Crippen molar-refractivity contribution in [3.05, 3.63) is 59.7 Å². The molecule has 2 unspecified atom stereocenters. The van der Waals surface area contributed by atoms with Crippen LogP contribution in [0.15, 0.2) is 48.6 Å². The summed E-state index contributed by atoms with van der Waals surface area (Å²) >= 11 is 0. The molecule has 1 aromatic rings. The Morgan fingerprint density at radius 3 is 2.09 bits per heavy atom. The van der Waals surface area contributed by atoms with Crippen LogP contribution in [0.4, 0.5) is 4.39 Å². The third-order valence-electron chi connectivity index (χ3n) is 9.36. The molecule has 0 aromatic heterocycles. The molecule has 0 aliphatic heterocycles. The summed E-state index contributed by atoms with van der Waals surface area (Å²) in [5, 5.41) is 0. The van der Waals surface area contributed by atoms with Gasteiger partial charge in [0.1, 0.15) is 5.67 Å². The Morgan fingerprint density at radius 1 is 0.781 bits per heavy atom. The van der Waals surface area contributed by atoms with E-state index in [0.717, 1.165) is 37.7 Å². The van der Waals surface area contributed by atoms with E-state index in [1.807, 2.05) is 12.2 Å². The van der Waals surface area contributed by atoms with Crippen LogP contribution >= 0.6 is 0 Å². The van der Waals surface area contributed by atoms with Gasteiger partial charge in [-0.3, -0.25) is 0 Å². The van der Waals surface area contributed by atoms with Crippen molar-refractivity contribution in [3.8, 4) is 0 Å². The van der Waals surface area contributed by atoms with E-state index in [1.54, 1.807) is 0 Å². The van der Waals surface area contributed by atoms with E-state index in [4.69, 9.17) is 0 Å². The van der Waals surface area contributed by atoms with E-state index in [-0.39, 0.29) is 11.3 Å². The maximum Gasteiger partial charge on any atom is 0.145 e. The van der Waals surface area contributed by atoms with E-state index < -0.39 is 5.67 Å². The van der Waals surface area contributed by atoms with Gasteiger partial charge in [-0.05, 0) is 74.0 Å². The highest BCUT2D eigenvalue weighted by Crippen LogP contribution is 2.66. The Kier molecular flexibility index (Phi) is 7.63. The predicted octanol–water partition coefficient (Wildman–Crippen LogP) is 9.65. The summed E-state index contributed by atoms with van der Waals surface area (Å²) in [4.78, 5) is 0. The smallest absolute Gasteiger partial charge is 0.145 e. The molecule has 0 amide bonds. The van der Waals surface area contributed by atoms with E-state index in [9.17, 15) is 0 Å². The standard InChI is InChI=1S/C31H45F/c1-3-5-6-7-8-10-18-29-20-23-30(24-21-29,25-22-29)31(32)19-11-9-13-28(31)27-16-14-26(12-4-2)15-17-27/h9,11,13-17,19,28H,3-8,10,12,18,20-25H2,1-2H3. The van der Waals surface area contributed by atoms with Gasteiger partial charge >= 0.3 is 0 Å². The van der Waals surface area contributed by atoms with Crippen LogP contribution in [0.1, 0.15) is 121 Å². The van der Waals surface area contributed by atoms with E-state index in [1.165, 1.54) is 69.8 Å². The van der Waals surface area contributed by atoms with Gasteiger partial charge in [-0.25, -0.2) is 4.39 Å². The van der Waals surface area contributed by atoms with E-state index >= 15 is 4.39 Å². The number of unbranched alkanes of at least 4 members (excludes halogenated alkanes) is 5. The van der Waals surface area contributed by atoms with Crippen LogP contribution in [-0.2, 0) is 6.42 Å². The molecule has 1 heteroatoms. The first-order chi connectivity index (χ1) is 15.6. The molecule has 0 nitrogen and oxygen atoms in total. The number of hydrogen-bond donors (Lipinski definition) is 0. The fourth-order valence-electron chi connectivity index (χ4n) is 7.15. The molecule has 4 aliphatic rings. The first-order valence-electron chi connectivity index (χ1n) is 13.7. The second-order valence-electron chi connectivity index (χ2n) is 11.3. The molecule has 4 aliphatic carbocycles. The number of allylic oxidation sites excluding steroid dienone is 4. The molecule has 0 spiro atoms. The highest BCUT2D eigenvalue weighted by atomic mass is 19.1. The summed E-state index contributed by atoms with van der Waals surface area (Å²) in [6.07, 6.45) is 27.0. The van der Waals surface area contributed by atoms with Crippen molar-refractivity contribution in [2.45, 2.75) is 122 Å². The molecular formula is C31H45F. The Labute approximate surface area is 196 Å². The van der Waals surface area contributed by atoms with Crippen molar-refractivity contribution in [3.63, 3.8) is 0 Å². The van der Waals surface area contributed by atoms with Gasteiger partial charge in [0.2, 0.25) is 0 Å². The van der Waals surface area contributed by atoms with Crippen LogP contribution in [0, 0.1) is 10.8 Å². The second-order valence-corrected chi connectivity index (χ2v) is 11.3. The first kappa shape index (κ1) is 23.8. The monoisotopic (exact) mass is 436 g/mol. The van der Waals surface area contributed by atoms with Crippen molar-refractivity contribution in [1.29, 1.82) is 0 Å². The molecule has 3 fully saturated rings. The Hall–Kier alpha value is -1.37. The zero-order chi connectivity index (χ0) is 22.5. The maximum absolute atomic E-state index is 17.1. The van der Waals surface area contributed by atoms with Crippen LogP contribution < -0.4 is 0 Å². The quantitative estimate of drug-likeness (QED) is 0.303. The lowest BCUT2D eigenvalue weighted by molar-refractivity contribution is -0.101. The van der Waals surface area contributed by atoms with Crippen LogP contribution in [0.5, 0.6) is 0 Å². The maximum atomic E-state index is 17.1. The Morgan fingerprint density at radius 2 is 1.44 bits per heavy atom. The lowest BCUT2D eigenvalue weighted by Crippen LogP contribution is -2.55. The number of aryl methyl sites for hydroxylation is 1. The Balaban J connectivity index is 1.43. The number of benzene rings is 1. The van der Waals surface area contributed by atoms with Gasteiger partial charge in [0.15, 0.2) is 0 Å². The van der Waals surface area contributed by atoms with Gasteiger partial charge in [0.25, 0.3) is 0 Å². The molecular weight excluding hydrogens is 391 g/mol. The summed E-state index contributed by atoms with van der Waals surface area (Å²) in [6.45, 7) is 4.50. The number of fused-ring (bicyclic) bond motifs is 3. The third kappa shape index (κ3) is 4.64. The van der Waals surface area contributed by atoms with Crippen molar-refractivity contribution in [2.24, 2.45) is 10.8 Å². The third-order valence-corrected chi connectivity index (χ3v) is 9.36. The van der Waals surface area contributed by atoms with Crippen LogP contribution in [-0.4, -0.2) is 5.67 Å². The highest BCUT2D eigenvalue weighted by molar-refractivity contribution is 5.40. The highest BCUT2D eigenvalue weighted by Gasteiger charge is 2.60. The SMILES string of the molecule is CCCCCCCCC12CCC(C3(F)C=CC=CC3c3ccc(CCC)cc3)(CC1)CC2. The summed E-state index contributed by atoms with van der Waals surface area (Å²) in [7, 11) is 0. The number of rotatable bonds is 11. The topological polar surface area (TPSA) is 0 Å². The van der Waals surface area contributed by atoms with Crippen molar-refractivity contribution >= 4 is 0 Å². The van der Waals surface area contributed by atoms with Crippen LogP contribution in [0.3, 0.4) is 0 Å². The van der Waals surface area contributed by atoms with Gasteiger partial charge in [0, 0.05) is 11.3 Å². The first-order valence-corrected chi connectivity index (χ1v) is 13.7. The van der Waals surface area contributed by atoms with Gasteiger partial charge in [-0.2, -0.15) is 0 Å². The lowest BCUT2D eigenvalue weighted by Gasteiger charge is -2.59. The molecule has 3 saturated carbocycles. The van der Waals surface area contributed by atoms with Crippen molar-refractivity contribution in [2.75, 3.05) is 0 Å². The average Bonchev–Trinajstić information content (AvgIpc) is 2.84. The molecule has 2 bridgehead atoms. The minimum Gasteiger partial charge on any atom is -0.238 e. The fraction of sp³-hybridized carbons (Fsp3) is 0.677. The summed E-state index contributed by atoms with van der Waals surface area (Å²) in [6, 6.07) is 8.82. The molecule has 0 radical (unpaired) electrons. The van der Waals surface area contributed by atoms with E-state index in [0.29, 0.717) is 5.41 Å². The van der Waals surface area contributed by atoms with Gasteiger partial charge in [-0.15, -0.1) is 0 Å². The van der Waals surface area contributed by atoms with Crippen LogP contribution in [0.25, 0.3) is 0 Å². The van der Waals surface area contributed by atoms with Gasteiger partial charge in [0.05, 0.1) is 0 Å². The zero-order valence-corrected chi connectivity index (χ0v) is 20.7. The largest absolute Gasteiger partial charge is 0.238 e. The Bertz CT molecular complexity index is 761. The molecule has 0 heterocycles. The molecule has 5 rings (SSSR count). The van der Waals surface area contributed by atoms with Gasteiger partial charge in [-0.1, -0.05) is 101 Å². The minimum absolute atomic E-state index is 0.146. The van der Waals surface area contributed by atoms with Crippen molar-refractivity contribution in [1.82, 2.24) is 0 Å². The predicted molar refractivity (Wildman–Crippen MR) is 136 cm³/mol. The molecule has 32 heavy (non-hydrogen) atoms. The normalized spacial score (nSPS) is 33.7. The number of alkyl halides is 1. The van der Waals surface area contributed by atoms with Gasteiger partial charge < -0.3 is 0 Å². The number of halogens is 1. The average molecular weight is 437 g/mol. The molecule has 1 aromatic carbocycles. The molecule has 0 N–H and O–H groups in total. The number of hydrogen-bond acceptors (Lipinski definition) is 0. The summed E-state index contributed by atoms with van der Waals surface area (Å²) < 4.78 is 17.1. The second kappa shape index (κ2) is 10.3. The van der Waals surface area contributed by atoms with Crippen LogP contribution in [0.2, 0.25) is 0 Å². The zero-order valence-electron chi connectivity index (χ0n) is 20.7. The molecule has 2 atom stereocenters. The van der Waals surface area contributed by atoms with Crippen molar-refractivity contribution < 1.29 is 4.39 Å². The summed E-state index contributed by atoms with van der Waals surface area (Å²) in [5.41, 5.74) is 1.61.